The molecular weight excluding hydrogens is 275 g/mol. The Morgan fingerprint density at radius 3 is 2.79 bits per heavy atom. The number of hydrogen-bond acceptors (Lipinski definition) is 3. The molecular formula is C13H18F3NOS. The number of thioether (sulfide) groups is 1. The molecule has 0 bridgehead atoms. The van der Waals surface area contributed by atoms with E-state index in [0.29, 0.717) is 5.75 Å². The Morgan fingerprint density at radius 1 is 1.32 bits per heavy atom. The van der Waals surface area contributed by atoms with Crippen LogP contribution in [0.2, 0.25) is 0 Å². The Labute approximate surface area is 115 Å². The molecule has 0 saturated carbocycles. The monoisotopic (exact) mass is 293 g/mol. The molecule has 0 atom stereocenters. The van der Waals surface area contributed by atoms with Crippen molar-refractivity contribution >= 4 is 11.8 Å². The van der Waals surface area contributed by atoms with Gasteiger partial charge in [0.05, 0.1) is 6.61 Å². The molecule has 1 rings (SSSR count). The molecule has 1 N–H and O–H groups in total. The Kier molecular flexibility index (Phi) is 7.27. The van der Waals surface area contributed by atoms with Crippen molar-refractivity contribution in [2.45, 2.75) is 24.5 Å². The van der Waals surface area contributed by atoms with Crippen LogP contribution in [0.1, 0.15) is 12.5 Å². The molecule has 0 spiro atoms. The lowest BCUT2D eigenvalue weighted by Gasteiger charge is -2.08. The minimum Gasteiger partial charge on any atom is -0.371 e. The van der Waals surface area contributed by atoms with E-state index in [9.17, 15) is 13.2 Å². The van der Waals surface area contributed by atoms with Gasteiger partial charge in [-0.1, -0.05) is 19.1 Å². The van der Waals surface area contributed by atoms with Gasteiger partial charge >= 0.3 is 6.18 Å². The van der Waals surface area contributed by atoms with Crippen LogP contribution >= 0.6 is 11.8 Å². The second kappa shape index (κ2) is 8.45. The number of ether oxygens (including phenoxy) is 1. The molecule has 0 aliphatic rings. The van der Waals surface area contributed by atoms with Crippen molar-refractivity contribution in [2.24, 2.45) is 0 Å². The maximum Gasteiger partial charge on any atom is 0.411 e. The zero-order valence-electron chi connectivity index (χ0n) is 10.8. The zero-order chi connectivity index (χ0) is 14.1. The van der Waals surface area contributed by atoms with Gasteiger partial charge in [-0.05, 0) is 24.2 Å². The van der Waals surface area contributed by atoms with E-state index in [2.05, 4.69) is 10.1 Å². The third-order valence-corrected chi connectivity index (χ3v) is 3.20. The number of rotatable bonds is 8. The van der Waals surface area contributed by atoms with Gasteiger partial charge in [0.2, 0.25) is 0 Å². The maximum absolute atomic E-state index is 11.8. The minimum atomic E-state index is -4.24. The number of nitrogens with one attached hydrogen (secondary N) is 1. The first-order valence-corrected chi connectivity index (χ1v) is 7.07. The van der Waals surface area contributed by atoms with Crippen molar-refractivity contribution in [3.63, 3.8) is 0 Å². The van der Waals surface area contributed by atoms with Crippen molar-refractivity contribution in [2.75, 3.05) is 25.5 Å². The van der Waals surface area contributed by atoms with Crippen molar-refractivity contribution in [1.82, 2.24) is 5.32 Å². The van der Waals surface area contributed by atoms with E-state index in [1.807, 2.05) is 31.2 Å². The highest BCUT2D eigenvalue weighted by atomic mass is 32.2. The van der Waals surface area contributed by atoms with Gasteiger partial charge in [0, 0.05) is 17.2 Å². The van der Waals surface area contributed by atoms with E-state index in [4.69, 9.17) is 0 Å². The third kappa shape index (κ3) is 8.13. The molecule has 1 aromatic carbocycles. The number of hydrogen-bond donors (Lipinski definition) is 1. The summed E-state index contributed by atoms with van der Waals surface area (Å²) in [5.41, 5.74) is 1.17. The summed E-state index contributed by atoms with van der Waals surface area (Å²) in [4.78, 5) is 1.05. The highest BCUT2D eigenvalue weighted by molar-refractivity contribution is 7.99. The highest BCUT2D eigenvalue weighted by Crippen LogP contribution is 2.20. The van der Waals surface area contributed by atoms with Crippen molar-refractivity contribution in [1.29, 1.82) is 0 Å². The molecule has 0 radical (unpaired) electrons. The molecule has 6 heteroatoms. The van der Waals surface area contributed by atoms with Gasteiger partial charge in [-0.25, -0.2) is 0 Å². The summed E-state index contributed by atoms with van der Waals surface area (Å²) >= 11 is 1.50. The van der Waals surface area contributed by atoms with Crippen molar-refractivity contribution in [3.8, 4) is 0 Å². The van der Waals surface area contributed by atoms with Crippen LogP contribution in [0.25, 0.3) is 0 Å². The Balaban J connectivity index is 2.25. The fourth-order valence-electron chi connectivity index (χ4n) is 1.42. The standard InChI is InChI=1S/C13H18F3NOS/c1-2-17-9-11-4-3-5-12(8-11)19-7-6-18-10-13(14,15)16/h3-5,8,17H,2,6-7,9-10H2,1H3. The zero-order valence-corrected chi connectivity index (χ0v) is 11.6. The van der Waals surface area contributed by atoms with Crippen LogP contribution in [-0.2, 0) is 11.3 Å². The van der Waals surface area contributed by atoms with E-state index in [0.717, 1.165) is 18.0 Å². The molecule has 0 fully saturated rings. The molecule has 0 aliphatic carbocycles. The molecule has 19 heavy (non-hydrogen) atoms. The molecule has 0 saturated heterocycles. The van der Waals surface area contributed by atoms with Gasteiger partial charge in [-0.15, -0.1) is 11.8 Å². The summed E-state index contributed by atoms with van der Waals surface area (Å²) in [5, 5.41) is 3.23. The normalized spacial score (nSPS) is 11.8. The largest absolute Gasteiger partial charge is 0.411 e. The van der Waals surface area contributed by atoms with Crippen molar-refractivity contribution < 1.29 is 17.9 Å². The molecule has 0 unspecified atom stereocenters. The lowest BCUT2D eigenvalue weighted by molar-refractivity contribution is -0.172. The quantitative estimate of drug-likeness (QED) is 0.586. The first-order valence-electron chi connectivity index (χ1n) is 6.08. The Hall–Kier alpha value is -0.720. The van der Waals surface area contributed by atoms with Gasteiger partial charge in [0.1, 0.15) is 6.61 Å². The van der Waals surface area contributed by atoms with Crippen LogP contribution in [0.5, 0.6) is 0 Å². The van der Waals surface area contributed by atoms with Crippen LogP contribution in [0.4, 0.5) is 13.2 Å². The van der Waals surface area contributed by atoms with Crippen LogP contribution in [0.3, 0.4) is 0 Å². The number of halogens is 3. The topological polar surface area (TPSA) is 21.3 Å². The van der Waals surface area contributed by atoms with Crippen LogP contribution < -0.4 is 5.32 Å². The van der Waals surface area contributed by atoms with E-state index >= 15 is 0 Å². The second-order valence-electron chi connectivity index (χ2n) is 3.94. The summed E-state index contributed by atoms with van der Waals surface area (Å²) in [6.07, 6.45) is -4.24. The summed E-state index contributed by atoms with van der Waals surface area (Å²) in [6.45, 7) is 2.67. The molecule has 2 nitrogen and oxygen atoms in total. The first-order chi connectivity index (χ1) is 9.01. The van der Waals surface area contributed by atoms with Gasteiger partial charge in [-0.2, -0.15) is 13.2 Å². The summed E-state index contributed by atoms with van der Waals surface area (Å²) in [5.74, 6) is 0.515. The Morgan fingerprint density at radius 2 is 2.11 bits per heavy atom. The highest BCUT2D eigenvalue weighted by Gasteiger charge is 2.27. The van der Waals surface area contributed by atoms with E-state index in [-0.39, 0.29) is 6.61 Å². The minimum absolute atomic E-state index is 0.0988. The molecule has 108 valence electrons. The summed E-state index contributed by atoms with van der Waals surface area (Å²) in [6, 6.07) is 7.96. The van der Waals surface area contributed by atoms with Crippen LogP contribution in [0, 0.1) is 0 Å². The average molecular weight is 293 g/mol. The first kappa shape index (κ1) is 16.3. The van der Waals surface area contributed by atoms with E-state index < -0.39 is 12.8 Å². The fraction of sp³-hybridized carbons (Fsp3) is 0.538. The smallest absolute Gasteiger partial charge is 0.371 e. The SMILES string of the molecule is CCNCc1cccc(SCCOCC(F)(F)F)c1. The average Bonchev–Trinajstić information content (AvgIpc) is 2.35. The predicted octanol–water partition coefficient (Wildman–Crippen LogP) is 3.47. The van der Waals surface area contributed by atoms with E-state index in [1.165, 1.54) is 17.3 Å². The maximum atomic E-state index is 11.8. The second-order valence-corrected chi connectivity index (χ2v) is 5.11. The number of benzene rings is 1. The fourth-order valence-corrected chi connectivity index (χ4v) is 2.27. The molecule has 1 aromatic rings. The van der Waals surface area contributed by atoms with Gasteiger partial charge in [-0.3, -0.25) is 0 Å². The Bertz CT molecular complexity index is 371. The lowest BCUT2D eigenvalue weighted by Crippen LogP contribution is -2.17. The molecule has 0 aliphatic heterocycles. The van der Waals surface area contributed by atoms with Gasteiger partial charge < -0.3 is 10.1 Å². The van der Waals surface area contributed by atoms with E-state index in [1.54, 1.807) is 0 Å². The van der Waals surface area contributed by atoms with Gasteiger partial charge in [0.15, 0.2) is 0 Å². The summed E-state index contributed by atoms with van der Waals surface area (Å²) < 4.78 is 40.1. The van der Waals surface area contributed by atoms with Crippen LogP contribution in [-0.4, -0.2) is 31.7 Å². The molecule has 0 amide bonds. The third-order valence-electron chi connectivity index (χ3n) is 2.24. The molecule has 0 aromatic heterocycles. The van der Waals surface area contributed by atoms with Gasteiger partial charge in [0.25, 0.3) is 0 Å². The predicted molar refractivity (Wildman–Crippen MR) is 71.4 cm³/mol. The van der Waals surface area contributed by atoms with Crippen LogP contribution in [0.15, 0.2) is 29.2 Å². The summed E-state index contributed by atoms with van der Waals surface area (Å²) in [7, 11) is 0. The number of alkyl halides is 3. The molecule has 0 heterocycles. The van der Waals surface area contributed by atoms with Crippen molar-refractivity contribution in [3.05, 3.63) is 29.8 Å². The lowest BCUT2D eigenvalue weighted by atomic mass is 10.2.